The lowest BCUT2D eigenvalue weighted by Crippen LogP contribution is -2.43. The molecule has 0 saturated heterocycles. The smallest absolute Gasteiger partial charge is 0.391 e. The summed E-state index contributed by atoms with van der Waals surface area (Å²) in [6.07, 6.45) is -1.45. The van der Waals surface area contributed by atoms with Crippen molar-refractivity contribution in [3.8, 4) is 0 Å². The molecule has 2 unspecified atom stereocenters. The second kappa shape index (κ2) is 5.32. The van der Waals surface area contributed by atoms with E-state index in [2.05, 4.69) is 10.2 Å². The van der Waals surface area contributed by atoms with E-state index >= 15 is 0 Å². The minimum atomic E-state index is -4.48. The zero-order valence-electron chi connectivity index (χ0n) is 10.6. The summed E-state index contributed by atoms with van der Waals surface area (Å²) in [4.78, 5) is 1.71. The van der Waals surface area contributed by atoms with E-state index in [9.17, 15) is 18.3 Å². The highest BCUT2D eigenvalue weighted by atomic mass is 19.4. The second-order valence-electron chi connectivity index (χ2n) is 4.80. The number of rotatable bonds is 2. The maximum atomic E-state index is 12.4. The molecule has 0 bridgehead atoms. The zero-order valence-corrected chi connectivity index (χ0v) is 10.6. The summed E-state index contributed by atoms with van der Waals surface area (Å²) in [5.74, 6) is 0.346. The number of halogens is 3. The quantitative estimate of drug-likeness (QED) is 0.899. The van der Waals surface area contributed by atoms with Gasteiger partial charge in [-0.2, -0.15) is 13.2 Å². The van der Waals surface area contributed by atoms with Crippen molar-refractivity contribution in [1.82, 2.24) is 10.2 Å². The Kier molecular flexibility index (Phi) is 3.93. The third kappa shape index (κ3) is 3.15. The molecule has 1 aliphatic carbocycles. The molecule has 1 heterocycles. The van der Waals surface area contributed by atoms with Crippen molar-refractivity contribution in [2.24, 2.45) is 0 Å². The van der Waals surface area contributed by atoms with Gasteiger partial charge in [0.05, 0.1) is 12.1 Å². The van der Waals surface area contributed by atoms with Gasteiger partial charge in [-0.05, 0) is 25.0 Å². The summed E-state index contributed by atoms with van der Waals surface area (Å²) in [7, 11) is 1.72. The number of aromatic nitrogens is 2. The Morgan fingerprint density at radius 2 is 1.89 bits per heavy atom. The van der Waals surface area contributed by atoms with Crippen LogP contribution in [0.5, 0.6) is 0 Å². The van der Waals surface area contributed by atoms with Crippen LogP contribution in [-0.2, 0) is 6.18 Å². The molecule has 19 heavy (non-hydrogen) atoms. The predicted octanol–water partition coefficient (Wildman–Crippen LogP) is 2.24. The molecule has 2 rings (SSSR count). The topological polar surface area (TPSA) is 49.2 Å². The van der Waals surface area contributed by atoms with Gasteiger partial charge in [-0.15, -0.1) is 10.2 Å². The average molecular weight is 275 g/mol. The van der Waals surface area contributed by atoms with Crippen LogP contribution in [0.2, 0.25) is 0 Å². The number of alkyl halides is 3. The molecule has 1 aliphatic rings. The van der Waals surface area contributed by atoms with Crippen LogP contribution in [0.4, 0.5) is 19.0 Å². The summed E-state index contributed by atoms with van der Waals surface area (Å²) in [5.41, 5.74) is -1.01. The molecule has 1 N–H and O–H groups in total. The molecule has 0 aliphatic heterocycles. The average Bonchev–Trinajstić information content (AvgIpc) is 2.38. The van der Waals surface area contributed by atoms with Crippen molar-refractivity contribution in [2.75, 3.05) is 11.9 Å². The van der Waals surface area contributed by atoms with Gasteiger partial charge in [0.15, 0.2) is 11.5 Å². The largest absolute Gasteiger partial charge is 0.435 e. The van der Waals surface area contributed by atoms with Crippen LogP contribution < -0.4 is 4.90 Å². The number of nitrogens with zero attached hydrogens (tertiary/aromatic N) is 3. The fourth-order valence-electron chi connectivity index (χ4n) is 2.38. The maximum absolute atomic E-state index is 12.4. The molecular formula is C12H16F3N3O. The van der Waals surface area contributed by atoms with Crippen molar-refractivity contribution in [3.05, 3.63) is 17.8 Å². The van der Waals surface area contributed by atoms with Gasteiger partial charge in [0.1, 0.15) is 0 Å². The van der Waals surface area contributed by atoms with Crippen LogP contribution in [0, 0.1) is 0 Å². The fraction of sp³-hybridized carbons (Fsp3) is 0.667. The van der Waals surface area contributed by atoms with E-state index in [1.54, 1.807) is 11.9 Å². The van der Waals surface area contributed by atoms with Gasteiger partial charge in [-0.1, -0.05) is 12.8 Å². The number of anilines is 1. The van der Waals surface area contributed by atoms with E-state index in [0.29, 0.717) is 12.2 Å². The highest BCUT2D eigenvalue weighted by Gasteiger charge is 2.33. The number of hydrogen-bond acceptors (Lipinski definition) is 4. The summed E-state index contributed by atoms with van der Waals surface area (Å²) in [5, 5.41) is 16.7. The number of likely N-dealkylation sites (N-methyl/N-ethyl adjacent to an activating group) is 1. The molecule has 0 amide bonds. The first kappa shape index (κ1) is 14.0. The Morgan fingerprint density at radius 1 is 1.21 bits per heavy atom. The van der Waals surface area contributed by atoms with E-state index < -0.39 is 18.0 Å². The molecule has 1 saturated carbocycles. The Labute approximate surface area is 109 Å². The van der Waals surface area contributed by atoms with Gasteiger partial charge < -0.3 is 10.0 Å². The lowest BCUT2D eigenvalue weighted by Gasteiger charge is -2.35. The van der Waals surface area contributed by atoms with Crippen LogP contribution in [-0.4, -0.2) is 34.5 Å². The Morgan fingerprint density at radius 3 is 2.42 bits per heavy atom. The first-order chi connectivity index (χ1) is 8.89. The Hall–Kier alpha value is -1.37. The zero-order chi connectivity index (χ0) is 14.0. The molecule has 7 heteroatoms. The number of aliphatic hydroxyl groups is 1. The van der Waals surface area contributed by atoms with Gasteiger partial charge in [-0.25, -0.2) is 0 Å². The molecule has 0 aromatic carbocycles. The van der Waals surface area contributed by atoms with Crippen molar-refractivity contribution in [3.63, 3.8) is 0 Å². The monoisotopic (exact) mass is 275 g/mol. The van der Waals surface area contributed by atoms with Crippen LogP contribution in [0.1, 0.15) is 31.4 Å². The van der Waals surface area contributed by atoms with Gasteiger partial charge in [0.2, 0.25) is 0 Å². The second-order valence-corrected chi connectivity index (χ2v) is 4.80. The molecular weight excluding hydrogens is 259 g/mol. The van der Waals surface area contributed by atoms with Gasteiger partial charge >= 0.3 is 6.18 Å². The van der Waals surface area contributed by atoms with Crippen LogP contribution >= 0.6 is 0 Å². The molecule has 4 nitrogen and oxygen atoms in total. The summed E-state index contributed by atoms with van der Waals surface area (Å²) in [6.45, 7) is 0. The first-order valence-electron chi connectivity index (χ1n) is 6.21. The predicted molar refractivity (Wildman–Crippen MR) is 63.7 cm³/mol. The van der Waals surface area contributed by atoms with E-state index in [1.165, 1.54) is 6.07 Å². The molecule has 1 aromatic heterocycles. The van der Waals surface area contributed by atoms with Crippen molar-refractivity contribution >= 4 is 5.82 Å². The first-order valence-corrected chi connectivity index (χ1v) is 6.21. The molecule has 0 spiro atoms. The third-order valence-corrected chi connectivity index (χ3v) is 3.49. The van der Waals surface area contributed by atoms with E-state index in [4.69, 9.17) is 0 Å². The highest BCUT2D eigenvalue weighted by Crippen LogP contribution is 2.29. The van der Waals surface area contributed by atoms with Crippen molar-refractivity contribution in [2.45, 2.75) is 44.0 Å². The highest BCUT2D eigenvalue weighted by molar-refractivity contribution is 5.38. The standard InChI is InChI=1S/C12H16F3N3O/c1-18(8-4-2-3-5-9(8)19)11-7-6-10(16-17-11)12(13,14)15/h6-9,19H,2-5H2,1H3. The van der Waals surface area contributed by atoms with Crippen molar-refractivity contribution < 1.29 is 18.3 Å². The van der Waals surface area contributed by atoms with Gasteiger partial charge in [-0.3, -0.25) is 0 Å². The summed E-state index contributed by atoms with van der Waals surface area (Å²) in [6, 6.07) is 2.09. The molecule has 0 radical (unpaired) electrons. The van der Waals surface area contributed by atoms with Gasteiger partial charge in [0.25, 0.3) is 0 Å². The van der Waals surface area contributed by atoms with Crippen LogP contribution in [0.3, 0.4) is 0 Å². The number of aliphatic hydroxyl groups excluding tert-OH is 1. The van der Waals surface area contributed by atoms with E-state index in [0.717, 1.165) is 25.3 Å². The van der Waals surface area contributed by atoms with Crippen molar-refractivity contribution in [1.29, 1.82) is 0 Å². The maximum Gasteiger partial charge on any atom is 0.435 e. The van der Waals surface area contributed by atoms with Crippen LogP contribution in [0.25, 0.3) is 0 Å². The molecule has 1 aromatic rings. The third-order valence-electron chi connectivity index (χ3n) is 3.49. The minimum Gasteiger partial charge on any atom is -0.391 e. The normalized spacial score (nSPS) is 24.3. The van der Waals surface area contributed by atoms with Gasteiger partial charge in [0, 0.05) is 7.05 Å². The molecule has 106 valence electrons. The molecule has 1 fully saturated rings. The SMILES string of the molecule is CN(c1ccc(C(F)(F)F)nn1)C1CCCCC1O. The molecule has 2 atom stereocenters. The Bertz CT molecular complexity index is 421. The van der Waals surface area contributed by atoms with E-state index in [-0.39, 0.29) is 6.04 Å². The lowest BCUT2D eigenvalue weighted by molar-refractivity contribution is -0.141. The van der Waals surface area contributed by atoms with E-state index in [1.807, 2.05) is 0 Å². The summed E-state index contributed by atoms with van der Waals surface area (Å²) < 4.78 is 37.1. The number of hydrogen-bond donors (Lipinski definition) is 1. The lowest BCUT2D eigenvalue weighted by atomic mass is 9.91. The Balaban J connectivity index is 2.13. The fourth-order valence-corrected chi connectivity index (χ4v) is 2.38. The summed E-state index contributed by atoms with van der Waals surface area (Å²) >= 11 is 0. The van der Waals surface area contributed by atoms with Crippen LogP contribution in [0.15, 0.2) is 12.1 Å². The minimum absolute atomic E-state index is 0.111.